The highest BCUT2D eigenvalue weighted by atomic mass is 15.4. The Kier molecular flexibility index (Phi) is 7.67. The maximum absolute atomic E-state index is 4.10. The molecule has 48 heavy (non-hydrogen) atoms. The molecule has 0 bridgehead atoms. The second kappa shape index (κ2) is 12.3. The van der Waals surface area contributed by atoms with Crippen molar-refractivity contribution >= 4 is 5.57 Å². The number of hydrogen-bond donors (Lipinski definition) is 1. The van der Waals surface area contributed by atoms with Crippen LogP contribution in [0, 0.1) is 11.3 Å². The minimum Gasteiger partial charge on any atom is -0.290 e. The molecule has 0 spiro atoms. The molecule has 3 aromatic rings. The molecule has 5 unspecified atom stereocenters. The van der Waals surface area contributed by atoms with Crippen molar-refractivity contribution in [2.45, 2.75) is 75.7 Å². The van der Waals surface area contributed by atoms with E-state index in [1.807, 2.05) is 0 Å². The van der Waals surface area contributed by atoms with Crippen LogP contribution >= 0.6 is 0 Å². The Bertz CT molecular complexity index is 1890. The number of allylic oxidation sites excluding steroid dienone is 7. The van der Waals surface area contributed by atoms with Crippen LogP contribution in [-0.2, 0) is 0 Å². The van der Waals surface area contributed by atoms with E-state index in [9.17, 15) is 0 Å². The van der Waals surface area contributed by atoms with Gasteiger partial charge in [0, 0.05) is 29.5 Å². The van der Waals surface area contributed by atoms with Crippen molar-refractivity contribution in [3.63, 3.8) is 0 Å². The van der Waals surface area contributed by atoms with E-state index in [1.54, 1.807) is 5.56 Å². The van der Waals surface area contributed by atoms with E-state index in [0.29, 0.717) is 30.0 Å². The number of fused-ring (bicyclic) bond motifs is 3. The Morgan fingerprint density at radius 1 is 0.708 bits per heavy atom. The quantitative estimate of drug-likeness (QED) is 0.303. The molecule has 2 fully saturated rings. The van der Waals surface area contributed by atoms with Crippen LogP contribution in [-0.4, -0.2) is 29.2 Å². The zero-order valence-corrected chi connectivity index (χ0v) is 28.0. The van der Waals surface area contributed by atoms with Crippen molar-refractivity contribution in [3.05, 3.63) is 174 Å². The van der Waals surface area contributed by atoms with Crippen LogP contribution in [0.25, 0.3) is 16.7 Å². The normalized spacial score (nSPS) is 31.0. The topological polar surface area (TPSA) is 15.3 Å². The highest BCUT2D eigenvalue weighted by Crippen LogP contribution is 2.60. The van der Waals surface area contributed by atoms with Crippen molar-refractivity contribution in [1.29, 1.82) is 0 Å². The Labute approximate surface area is 286 Å². The predicted octanol–water partition coefficient (Wildman–Crippen LogP) is 10.3. The van der Waals surface area contributed by atoms with Gasteiger partial charge in [-0.15, -0.1) is 0 Å². The van der Waals surface area contributed by atoms with Gasteiger partial charge in [0.05, 0.1) is 6.17 Å². The summed E-state index contributed by atoms with van der Waals surface area (Å²) in [5.41, 5.74) is 11.0. The first-order valence-corrected chi connectivity index (χ1v) is 18.3. The van der Waals surface area contributed by atoms with Crippen LogP contribution in [0.1, 0.15) is 68.1 Å². The van der Waals surface area contributed by atoms with Gasteiger partial charge in [-0.25, -0.2) is 0 Å². The van der Waals surface area contributed by atoms with E-state index < -0.39 is 0 Å². The van der Waals surface area contributed by atoms with Gasteiger partial charge < -0.3 is 0 Å². The van der Waals surface area contributed by atoms with Gasteiger partial charge in [0.2, 0.25) is 0 Å². The Balaban J connectivity index is 1.19. The van der Waals surface area contributed by atoms with Crippen molar-refractivity contribution < 1.29 is 0 Å². The maximum atomic E-state index is 4.10. The first-order valence-electron chi connectivity index (χ1n) is 18.3. The third kappa shape index (κ3) is 5.00. The second-order valence-corrected chi connectivity index (χ2v) is 14.9. The number of nitrogens with one attached hydrogen (secondary N) is 1. The molecule has 3 aromatic carbocycles. The fourth-order valence-corrected chi connectivity index (χ4v) is 10.0. The third-order valence-corrected chi connectivity index (χ3v) is 12.1. The van der Waals surface area contributed by atoms with Crippen LogP contribution in [0.5, 0.6) is 0 Å². The number of rotatable bonds is 5. The predicted molar refractivity (Wildman–Crippen MR) is 200 cm³/mol. The average Bonchev–Trinajstić information content (AvgIpc) is 3.54. The monoisotopic (exact) mass is 626 g/mol. The van der Waals surface area contributed by atoms with E-state index >= 15 is 0 Å². The lowest BCUT2D eigenvalue weighted by Gasteiger charge is -2.50. The van der Waals surface area contributed by atoms with Crippen LogP contribution in [0.4, 0.5) is 0 Å². The number of nitrogens with zero attached hydrogens (tertiary/aromatic N) is 1. The standard InChI is InChI=1S/C46H46N2/c1-46-31-36(45-47-41-23-13-14-24-42(41)48(45)37-19-9-4-10-20-37)29-30-40(46)43(34-27-25-33(26-28-34)32-15-5-2-6-16-32)38-21-11-12-22-39(38)44(46)35-17-7-3-8-18-35/h2,4-6,9-16,19,21-31,35,37,41-42,44-45,47H,3,7-8,17-18,20H2,1H3/t37?,41?,42?,44?,45?,46-/m0/s1. The number of benzene rings is 3. The van der Waals surface area contributed by atoms with E-state index in [2.05, 4.69) is 163 Å². The molecule has 1 saturated carbocycles. The van der Waals surface area contributed by atoms with Gasteiger partial charge in [-0.05, 0) is 69.7 Å². The van der Waals surface area contributed by atoms with Gasteiger partial charge in [-0.1, -0.05) is 172 Å². The summed E-state index contributed by atoms with van der Waals surface area (Å²) < 4.78 is 0. The van der Waals surface area contributed by atoms with Crippen molar-refractivity contribution in [3.8, 4) is 11.1 Å². The third-order valence-electron chi connectivity index (χ3n) is 12.1. The van der Waals surface area contributed by atoms with E-state index in [1.165, 1.54) is 71.1 Å². The minimum absolute atomic E-state index is 0.122. The molecule has 6 atom stereocenters. The van der Waals surface area contributed by atoms with Crippen molar-refractivity contribution in [2.24, 2.45) is 11.3 Å². The lowest BCUT2D eigenvalue weighted by Crippen LogP contribution is -2.47. The molecule has 1 aliphatic heterocycles. The smallest absolute Gasteiger partial charge is 0.0873 e. The zero-order chi connectivity index (χ0) is 32.1. The first kappa shape index (κ1) is 29.9. The molecule has 9 rings (SSSR count). The van der Waals surface area contributed by atoms with Crippen LogP contribution in [0.3, 0.4) is 0 Å². The lowest BCUT2D eigenvalue weighted by molar-refractivity contribution is 0.188. The van der Waals surface area contributed by atoms with E-state index in [0.717, 1.165) is 6.42 Å². The number of hydrogen-bond acceptors (Lipinski definition) is 2. The van der Waals surface area contributed by atoms with Crippen LogP contribution < -0.4 is 5.32 Å². The van der Waals surface area contributed by atoms with E-state index in [-0.39, 0.29) is 11.6 Å². The Morgan fingerprint density at radius 2 is 1.44 bits per heavy atom. The lowest BCUT2D eigenvalue weighted by atomic mass is 9.54. The van der Waals surface area contributed by atoms with E-state index in [4.69, 9.17) is 0 Å². The van der Waals surface area contributed by atoms with Gasteiger partial charge in [-0.2, -0.15) is 0 Å². The Hall–Kier alpha value is -4.24. The molecule has 0 amide bonds. The van der Waals surface area contributed by atoms with Gasteiger partial charge in [0.1, 0.15) is 0 Å². The highest BCUT2D eigenvalue weighted by molar-refractivity contribution is 5.89. The zero-order valence-electron chi connectivity index (χ0n) is 28.0. The van der Waals surface area contributed by atoms with Crippen molar-refractivity contribution in [2.75, 3.05) is 0 Å². The summed E-state index contributed by atoms with van der Waals surface area (Å²) in [7, 11) is 0. The molecule has 240 valence electrons. The average molecular weight is 627 g/mol. The molecule has 1 heterocycles. The van der Waals surface area contributed by atoms with Gasteiger partial charge in [0.15, 0.2) is 0 Å². The van der Waals surface area contributed by atoms with Crippen LogP contribution in [0.15, 0.2) is 157 Å². The summed E-state index contributed by atoms with van der Waals surface area (Å²) in [6.45, 7) is 2.58. The van der Waals surface area contributed by atoms with Crippen molar-refractivity contribution in [1.82, 2.24) is 10.2 Å². The molecule has 0 radical (unpaired) electrons. The van der Waals surface area contributed by atoms with Gasteiger partial charge in [-0.3, -0.25) is 10.2 Å². The fraction of sp³-hybridized carbons (Fsp3) is 0.304. The largest absolute Gasteiger partial charge is 0.290 e. The van der Waals surface area contributed by atoms with Gasteiger partial charge >= 0.3 is 0 Å². The summed E-state index contributed by atoms with van der Waals surface area (Å²) in [6.07, 6.45) is 34.0. The molecule has 0 aromatic heterocycles. The summed E-state index contributed by atoms with van der Waals surface area (Å²) in [5.74, 6) is 1.13. The first-order chi connectivity index (χ1) is 23.7. The summed E-state index contributed by atoms with van der Waals surface area (Å²) >= 11 is 0. The second-order valence-electron chi connectivity index (χ2n) is 14.9. The molecule has 1 N–H and O–H groups in total. The maximum Gasteiger partial charge on any atom is 0.0873 e. The molecular weight excluding hydrogens is 581 g/mol. The summed E-state index contributed by atoms with van der Waals surface area (Å²) in [4.78, 5) is 2.74. The molecular formula is C46H46N2. The Morgan fingerprint density at radius 3 is 2.25 bits per heavy atom. The van der Waals surface area contributed by atoms with Gasteiger partial charge in [0.25, 0.3) is 0 Å². The highest BCUT2D eigenvalue weighted by Gasteiger charge is 2.50. The minimum atomic E-state index is -0.122. The molecule has 5 aliphatic carbocycles. The molecule has 6 aliphatic rings. The molecule has 1 saturated heterocycles. The molecule has 2 nitrogen and oxygen atoms in total. The summed E-state index contributed by atoms with van der Waals surface area (Å²) in [5, 5.41) is 4.10. The van der Waals surface area contributed by atoms with Crippen LogP contribution in [0.2, 0.25) is 0 Å². The summed E-state index contributed by atoms with van der Waals surface area (Å²) in [6, 6.07) is 30.5. The SMILES string of the molecule is C[C@]12C=C(C3NC4C=CC=CC4N3C3C=CC=CC3)C=CC1=C(c1ccc(-c3ccccc3)cc1)c1ccccc1C2C1CCCCC1. The molecule has 2 heteroatoms. The fourth-order valence-electron chi connectivity index (χ4n) is 10.0.